The minimum atomic E-state index is -4.29. The van der Waals surface area contributed by atoms with Crippen LogP contribution in [-0.2, 0) is 32.7 Å². The van der Waals surface area contributed by atoms with Crippen LogP contribution in [0.1, 0.15) is 47.8 Å². The number of nitrogen functional groups attached to an aromatic ring is 1. The molecule has 1 fully saturated rings. The third-order valence-corrected chi connectivity index (χ3v) is 9.72. The number of aromatic amines is 1. The lowest BCUT2D eigenvalue weighted by Gasteiger charge is -2.26. The van der Waals surface area contributed by atoms with E-state index in [0.29, 0.717) is 0 Å². The molecule has 6 atom stereocenters. The zero-order valence-electron chi connectivity index (χ0n) is 24.6. The number of fused-ring (bicyclic) bond motifs is 1. The Morgan fingerprint density at radius 1 is 1.37 bits per heavy atom. The number of ether oxygens (including phenoxy) is 2. The van der Waals surface area contributed by atoms with Crippen LogP contribution in [-0.4, -0.2) is 95.6 Å². The number of nitrogens with one attached hydrogen (secondary N) is 2. The summed E-state index contributed by atoms with van der Waals surface area (Å²) in [6, 6.07) is -1.12. The second-order valence-electron chi connectivity index (χ2n) is 11.0. The number of esters is 1. The molecule has 3 heterocycles. The molecule has 0 amide bonds. The Hall–Kier alpha value is -2.08. The zero-order valence-corrected chi connectivity index (χ0v) is 27.1. The average Bonchev–Trinajstić information content (AvgIpc) is 3.42. The Morgan fingerprint density at radius 3 is 2.67 bits per heavy atom. The molecule has 0 aromatic carbocycles. The molecule has 3 rings (SSSR count). The first-order valence-electron chi connectivity index (χ1n) is 13.3. The molecule has 19 heteroatoms. The van der Waals surface area contributed by atoms with Crippen LogP contribution in [0, 0.1) is 5.41 Å². The summed E-state index contributed by atoms with van der Waals surface area (Å²) in [5, 5.41) is 22.7. The molecule has 0 radical (unpaired) electrons. The van der Waals surface area contributed by atoms with Crippen molar-refractivity contribution < 1.29 is 42.9 Å². The zero-order chi connectivity index (χ0) is 32.3. The molecule has 0 aliphatic carbocycles. The summed E-state index contributed by atoms with van der Waals surface area (Å²) < 4.78 is 37.4. The smallest absolute Gasteiger partial charge is 0.406 e. The number of thioether (sulfide) groups is 1. The van der Waals surface area contributed by atoms with Crippen molar-refractivity contribution in [2.75, 3.05) is 31.3 Å². The summed E-state index contributed by atoms with van der Waals surface area (Å²) in [7, 11) is -4.29. The van der Waals surface area contributed by atoms with Crippen LogP contribution in [0.15, 0.2) is 11.1 Å². The van der Waals surface area contributed by atoms with Crippen molar-refractivity contribution >= 4 is 59.3 Å². The number of aliphatic hydroxyl groups excluding tert-OH is 2. The Kier molecular flexibility index (Phi) is 11.5. The average molecular weight is 669 g/mol. The molecule has 0 spiro atoms. The number of rotatable bonds is 14. The number of hydrogen-bond donors (Lipinski definition) is 5. The standard InChI is InChI=1S/C24H38ClN6O10PS/c1-12(2)40-19(35)13(3)30-42(37,38-7-8-43-21(36)23(4,5)10-32)39-9-14-16(33)24(6,25)20(41-14)31-11-27-15-17(31)28-22(26)29-18(15)34/h11-14,16,20,32-33H,7-10H2,1-6H3,(H,30,37)(H3,26,28,29,34)/t13?,14-,16-,20-,24-,42?/m1/s1. The van der Waals surface area contributed by atoms with Gasteiger partial charge in [0.2, 0.25) is 5.95 Å². The topological polar surface area (TPSA) is 230 Å². The number of H-pyrrole nitrogens is 1. The lowest BCUT2D eigenvalue weighted by Crippen LogP contribution is -2.40. The van der Waals surface area contributed by atoms with Crippen LogP contribution < -0.4 is 16.4 Å². The van der Waals surface area contributed by atoms with Crippen molar-refractivity contribution in [1.29, 1.82) is 0 Å². The predicted molar refractivity (Wildman–Crippen MR) is 158 cm³/mol. The fourth-order valence-corrected chi connectivity index (χ4v) is 6.63. The number of carbonyl (C=O) groups is 2. The van der Waals surface area contributed by atoms with Crippen LogP contribution in [0.3, 0.4) is 0 Å². The number of imidazole rings is 1. The molecule has 242 valence electrons. The fourth-order valence-electron chi connectivity index (χ4n) is 3.92. The molecule has 0 bridgehead atoms. The molecular formula is C24H38ClN6O10PS. The van der Waals surface area contributed by atoms with Crippen molar-refractivity contribution in [2.45, 2.75) is 77.0 Å². The van der Waals surface area contributed by atoms with Crippen LogP contribution in [0.4, 0.5) is 5.95 Å². The summed E-state index contributed by atoms with van der Waals surface area (Å²) in [6.45, 7) is 8.28. The number of nitrogens with zero attached hydrogens (tertiary/aromatic N) is 3. The van der Waals surface area contributed by atoms with Crippen molar-refractivity contribution in [3.05, 3.63) is 16.7 Å². The summed E-state index contributed by atoms with van der Waals surface area (Å²) in [4.78, 5) is 45.9. The fraction of sp³-hybridized carbons (Fsp3) is 0.708. The molecule has 6 N–H and O–H groups in total. The van der Waals surface area contributed by atoms with Gasteiger partial charge in [0.05, 0.1) is 37.7 Å². The van der Waals surface area contributed by atoms with E-state index in [2.05, 4.69) is 20.0 Å². The maximum atomic E-state index is 13.8. The van der Waals surface area contributed by atoms with Gasteiger partial charge in [0.25, 0.3) is 5.56 Å². The molecule has 16 nitrogen and oxygen atoms in total. The minimum absolute atomic E-state index is 0.0254. The van der Waals surface area contributed by atoms with E-state index in [1.807, 2.05) is 0 Å². The van der Waals surface area contributed by atoms with E-state index in [0.717, 1.165) is 11.8 Å². The summed E-state index contributed by atoms with van der Waals surface area (Å²) in [5.74, 6) is -0.811. The van der Waals surface area contributed by atoms with Gasteiger partial charge in [-0.2, -0.15) is 4.98 Å². The highest BCUT2D eigenvalue weighted by molar-refractivity contribution is 8.13. The maximum absolute atomic E-state index is 13.8. The number of aliphatic hydroxyl groups is 2. The third kappa shape index (κ3) is 8.35. The number of aromatic nitrogens is 4. The highest BCUT2D eigenvalue weighted by Gasteiger charge is 2.54. The van der Waals surface area contributed by atoms with Gasteiger partial charge in [0.1, 0.15) is 23.1 Å². The van der Waals surface area contributed by atoms with E-state index >= 15 is 0 Å². The summed E-state index contributed by atoms with van der Waals surface area (Å²) in [5.41, 5.74) is 4.17. The van der Waals surface area contributed by atoms with Gasteiger partial charge >= 0.3 is 13.7 Å². The predicted octanol–water partition coefficient (Wildman–Crippen LogP) is 1.31. The monoisotopic (exact) mass is 668 g/mol. The van der Waals surface area contributed by atoms with E-state index in [4.69, 9.17) is 35.9 Å². The first kappa shape index (κ1) is 35.4. The summed E-state index contributed by atoms with van der Waals surface area (Å²) in [6.07, 6.45) is -2.83. The molecule has 2 aromatic heterocycles. The van der Waals surface area contributed by atoms with E-state index in [1.165, 1.54) is 24.7 Å². The van der Waals surface area contributed by atoms with E-state index < -0.39 is 66.8 Å². The van der Waals surface area contributed by atoms with Gasteiger partial charge in [0, 0.05) is 5.75 Å². The first-order chi connectivity index (χ1) is 19.9. The Labute approximate surface area is 256 Å². The van der Waals surface area contributed by atoms with Gasteiger partial charge in [-0.1, -0.05) is 11.8 Å². The molecule has 2 aromatic rings. The second kappa shape index (κ2) is 13.9. The van der Waals surface area contributed by atoms with Gasteiger partial charge in [-0.15, -0.1) is 11.6 Å². The van der Waals surface area contributed by atoms with Gasteiger partial charge in [-0.05, 0) is 41.5 Å². The van der Waals surface area contributed by atoms with Crippen molar-refractivity contribution in [3.8, 4) is 0 Å². The summed E-state index contributed by atoms with van der Waals surface area (Å²) >= 11 is 7.58. The third-order valence-electron chi connectivity index (χ3n) is 6.41. The Balaban J connectivity index is 1.76. The van der Waals surface area contributed by atoms with Gasteiger partial charge in [-0.25, -0.2) is 14.6 Å². The SMILES string of the molecule is CC(C)OC(=O)C(C)NP(=O)(OCCSC(=O)C(C)(C)CO)OC[C@H]1O[C@@H](n2cnc3c(=O)[nH]c(N)nc32)[C@](C)(Cl)[C@@H]1O. The van der Waals surface area contributed by atoms with Gasteiger partial charge < -0.3 is 25.4 Å². The van der Waals surface area contributed by atoms with Crippen molar-refractivity contribution in [1.82, 2.24) is 24.6 Å². The normalized spacial score (nSPS) is 24.7. The Bertz CT molecular complexity index is 1420. The Morgan fingerprint density at radius 2 is 2.05 bits per heavy atom. The first-order valence-corrected chi connectivity index (χ1v) is 16.2. The minimum Gasteiger partial charge on any atom is -0.462 e. The van der Waals surface area contributed by atoms with E-state index in [-0.39, 0.29) is 41.2 Å². The van der Waals surface area contributed by atoms with Gasteiger partial charge in [0.15, 0.2) is 22.5 Å². The molecule has 1 aliphatic heterocycles. The molecule has 1 saturated heterocycles. The molecule has 2 unspecified atom stereocenters. The second-order valence-corrected chi connectivity index (χ2v) is 14.7. The molecular weight excluding hydrogens is 631 g/mol. The maximum Gasteiger partial charge on any atom is 0.406 e. The van der Waals surface area contributed by atoms with E-state index in [9.17, 15) is 29.2 Å². The lowest BCUT2D eigenvalue weighted by molar-refractivity contribution is -0.149. The number of nitrogens with two attached hydrogens (primary N) is 1. The van der Waals surface area contributed by atoms with Crippen LogP contribution in [0.25, 0.3) is 11.2 Å². The highest BCUT2D eigenvalue weighted by atomic mass is 35.5. The van der Waals surface area contributed by atoms with Crippen LogP contribution >= 0.6 is 31.1 Å². The molecule has 43 heavy (non-hydrogen) atoms. The van der Waals surface area contributed by atoms with Gasteiger partial charge in [-0.3, -0.25) is 33.0 Å². The van der Waals surface area contributed by atoms with E-state index in [1.54, 1.807) is 27.7 Å². The number of halogens is 1. The molecule has 0 saturated carbocycles. The van der Waals surface area contributed by atoms with Crippen LogP contribution in [0.5, 0.6) is 0 Å². The molecule has 1 aliphatic rings. The van der Waals surface area contributed by atoms with Crippen molar-refractivity contribution in [2.24, 2.45) is 5.41 Å². The highest BCUT2D eigenvalue weighted by Crippen LogP contribution is 2.48. The van der Waals surface area contributed by atoms with Crippen molar-refractivity contribution in [3.63, 3.8) is 0 Å². The number of alkyl halides is 1. The van der Waals surface area contributed by atoms with Crippen LogP contribution in [0.2, 0.25) is 0 Å². The number of anilines is 1. The number of carbonyl (C=O) groups excluding carboxylic acids is 2. The number of hydrogen-bond acceptors (Lipinski definition) is 14. The quantitative estimate of drug-likeness (QED) is 0.0827. The lowest BCUT2D eigenvalue weighted by atomic mass is 9.97. The largest absolute Gasteiger partial charge is 0.462 e.